The summed E-state index contributed by atoms with van der Waals surface area (Å²) in [4.78, 5) is 12.6. The van der Waals surface area contributed by atoms with Gasteiger partial charge in [0.05, 0.1) is 5.75 Å². The van der Waals surface area contributed by atoms with E-state index in [4.69, 9.17) is 11.6 Å². The molecule has 0 spiro atoms. The Kier molecular flexibility index (Phi) is 6.81. The fourth-order valence-corrected chi connectivity index (χ4v) is 5.26. The first-order chi connectivity index (χ1) is 13.3. The molecule has 1 amide bonds. The smallest absolute Gasteiger partial charge is 0.227 e. The van der Waals surface area contributed by atoms with Crippen LogP contribution in [0.1, 0.15) is 24.0 Å². The number of amides is 1. The Morgan fingerprint density at radius 1 is 1.18 bits per heavy atom. The second-order valence-corrected chi connectivity index (χ2v) is 10.2. The first-order valence-electron chi connectivity index (χ1n) is 9.04. The SMILES string of the molecule is Cc1c(Cl)cccc1NC(=O)C1CCN(S(=O)(=O)Cc2ccc(Br)cc2)CC1. The Morgan fingerprint density at radius 3 is 2.46 bits per heavy atom. The average molecular weight is 486 g/mol. The Hall–Kier alpha value is -1.41. The third kappa shape index (κ3) is 5.14. The number of benzene rings is 2. The molecule has 5 nitrogen and oxygen atoms in total. The Morgan fingerprint density at radius 2 is 1.82 bits per heavy atom. The first-order valence-corrected chi connectivity index (χ1v) is 11.8. The summed E-state index contributed by atoms with van der Waals surface area (Å²) < 4.78 is 27.8. The van der Waals surface area contributed by atoms with Gasteiger partial charge < -0.3 is 5.32 Å². The first kappa shape index (κ1) is 21.3. The van der Waals surface area contributed by atoms with E-state index in [1.807, 2.05) is 25.1 Å². The van der Waals surface area contributed by atoms with Gasteiger partial charge in [-0.05, 0) is 55.2 Å². The summed E-state index contributed by atoms with van der Waals surface area (Å²) in [5, 5.41) is 3.53. The molecule has 2 aromatic rings. The molecule has 0 unspecified atom stereocenters. The number of nitrogens with one attached hydrogen (secondary N) is 1. The summed E-state index contributed by atoms with van der Waals surface area (Å²) >= 11 is 9.45. The van der Waals surface area contributed by atoms with Gasteiger partial charge in [-0.3, -0.25) is 4.79 Å². The van der Waals surface area contributed by atoms with Crippen molar-refractivity contribution in [3.63, 3.8) is 0 Å². The van der Waals surface area contributed by atoms with Gasteiger partial charge in [0.25, 0.3) is 0 Å². The molecule has 3 rings (SSSR count). The number of halogens is 2. The van der Waals surface area contributed by atoms with E-state index in [9.17, 15) is 13.2 Å². The summed E-state index contributed by atoms with van der Waals surface area (Å²) in [6, 6.07) is 12.7. The highest BCUT2D eigenvalue weighted by Gasteiger charge is 2.31. The second-order valence-electron chi connectivity index (χ2n) is 6.96. The standard InChI is InChI=1S/C20H22BrClN2O3S/c1-14-18(22)3-2-4-19(14)23-20(25)16-9-11-24(12-10-16)28(26,27)13-15-5-7-17(21)8-6-15/h2-8,16H,9-13H2,1H3,(H,23,25). The molecule has 0 saturated carbocycles. The van der Waals surface area contributed by atoms with Gasteiger partial charge in [-0.1, -0.05) is 45.7 Å². The molecule has 1 aliphatic rings. The minimum absolute atomic E-state index is 0.0289. The van der Waals surface area contributed by atoms with Gasteiger partial charge >= 0.3 is 0 Å². The van der Waals surface area contributed by atoms with Crippen LogP contribution in [-0.4, -0.2) is 31.7 Å². The molecule has 2 aromatic carbocycles. The van der Waals surface area contributed by atoms with E-state index in [-0.39, 0.29) is 17.6 Å². The van der Waals surface area contributed by atoms with E-state index < -0.39 is 10.0 Å². The highest BCUT2D eigenvalue weighted by molar-refractivity contribution is 9.10. The minimum Gasteiger partial charge on any atom is -0.326 e. The predicted octanol–water partition coefficient (Wildman–Crippen LogP) is 4.59. The van der Waals surface area contributed by atoms with Gasteiger partial charge in [-0.15, -0.1) is 0 Å². The van der Waals surface area contributed by atoms with Crippen molar-refractivity contribution in [2.75, 3.05) is 18.4 Å². The second kappa shape index (κ2) is 8.95. The molecule has 8 heteroatoms. The maximum absolute atomic E-state index is 12.7. The van der Waals surface area contributed by atoms with Crippen LogP contribution in [0.2, 0.25) is 5.02 Å². The Labute approximate surface area is 179 Å². The van der Waals surface area contributed by atoms with Crippen LogP contribution < -0.4 is 5.32 Å². The van der Waals surface area contributed by atoms with Crippen molar-refractivity contribution in [2.45, 2.75) is 25.5 Å². The van der Waals surface area contributed by atoms with Crippen LogP contribution in [0.4, 0.5) is 5.69 Å². The lowest BCUT2D eigenvalue weighted by molar-refractivity contribution is -0.120. The summed E-state index contributed by atoms with van der Waals surface area (Å²) in [5.41, 5.74) is 2.27. The maximum Gasteiger partial charge on any atom is 0.227 e. The van der Waals surface area contributed by atoms with Crippen LogP contribution in [0.15, 0.2) is 46.9 Å². The van der Waals surface area contributed by atoms with Crippen molar-refractivity contribution >= 4 is 49.1 Å². The van der Waals surface area contributed by atoms with Crippen molar-refractivity contribution in [1.29, 1.82) is 0 Å². The molecule has 0 bridgehead atoms. The van der Waals surface area contributed by atoms with E-state index >= 15 is 0 Å². The molecular formula is C20H22BrClN2O3S. The fraction of sp³-hybridized carbons (Fsp3) is 0.350. The maximum atomic E-state index is 12.7. The fourth-order valence-electron chi connectivity index (χ4n) is 3.26. The number of sulfonamides is 1. The third-order valence-electron chi connectivity index (χ3n) is 5.01. The number of carbonyl (C=O) groups excluding carboxylic acids is 1. The molecule has 150 valence electrons. The molecule has 1 heterocycles. The van der Waals surface area contributed by atoms with Crippen LogP contribution in [0.5, 0.6) is 0 Å². The van der Waals surface area contributed by atoms with E-state index in [1.165, 1.54) is 4.31 Å². The van der Waals surface area contributed by atoms with Crippen molar-refractivity contribution in [1.82, 2.24) is 4.31 Å². The van der Waals surface area contributed by atoms with Crippen molar-refractivity contribution in [2.24, 2.45) is 5.92 Å². The molecule has 0 aliphatic carbocycles. The average Bonchev–Trinajstić information content (AvgIpc) is 2.67. The van der Waals surface area contributed by atoms with Gasteiger partial charge in [-0.2, -0.15) is 0 Å². The van der Waals surface area contributed by atoms with Crippen molar-refractivity contribution < 1.29 is 13.2 Å². The number of carbonyl (C=O) groups is 1. The molecule has 1 aliphatic heterocycles. The molecule has 28 heavy (non-hydrogen) atoms. The number of nitrogens with zero attached hydrogens (tertiary/aromatic N) is 1. The highest BCUT2D eigenvalue weighted by Crippen LogP contribution is 2.26. The lowest BCUT2D eigenvalue weighted by atomic mass is 9.97. The lowest BCUT2D eigenvalue weighted by Crippen LogP contribution is -2.41. The molecule has 0 radical (unpaired) electrons. The van der Waals surface area contributed by atoms with Gasteiger partial charge in [0.15, 0.2) is 0 Å². The zero-order valence-electron chi connectivity index (χ0n) is 15.5. The largest absolute Gasteiger partial charge is 0.326 e. The van der Waals surface area contributed by atoms with Crippen LogP contribution in [-0.2, 0) is 20.6 Å². The number of anilines is 1. The summed E-state index contributed by atoms with van der Waals surface area (Å²) in [6.07, 6.45) is 1.01. The normalized spacial score (nSPS) is 16.1. The number of hydrogen-bond acceptors (Lipinski definition) is 3. The van der Waals surface area contributed by atoms with E-state index in [2.05, 4.69) is 21.2 Å². The lowest BCUT2D eigenvalue weighted by Gasteiger charge is -2.30. The highest BCUT2D eigenvalue weighted by atomic mass is 79.9. The van der Waals surface area contributed by atoms with Crippen LogP contribution in [0.25, 0.3) is 0 Å². The molecule has 0 atom stereocenters. The summed E-state index contributed by atoms with van der Waals surface area (Å²) in [7, 11) is -3.40. The number of piperidine rings is 1. The zero-order chi connectivity index (χ0) is 20.3. The molecular weight excluding hydrogens is 464 g/mol. The topological polar surface area (TPSA) is 66.5 Å². The van der Waals surface area contributed by atoms with E-state index in [1.54, 1.807) is 24.3 Å². The summed E-state index contributed by atoms with van der Waals surface area (Å²) in [5.74, 6) is -0.327. The van der Waals surface area contributed by atoms with E-state index in [0.29, 0.717) is 36.6 Å². The molecule has 1 saturated heterocycles. The van der Waals surface area contributed by atoms with Crippen LogP contribution >= 0.6 is 27.5 Å². The van der Waals surface area contributed by atoms with E-state index in [0.717, 1.165) is 15.6 Å². The van der Waals surface area contributed by atoms with Gasteiger partial charge in [0, 0.05) is 34.2 Å². The van der Waals surface area contributed by atoms with Gasteiger partial charge in [0.2, 0.25) is 15.9 Å². The minimum atomic E-state index is -3.40. The van der Waals surface area contributed by atoms with Crippen molar-refractivity contribution in [3.8, 4) is 0 Å². The van der Waals surface area contributed by atoms with Gasteiger partial charge in [0.1, 0.15) is 0 Å². The quantitative estimate of drug-likeness (QED) is 0.673. The Balaban J connectivity index is 1.58. The van der Waals surface area contributed by atoms with Crippen LogP contribution in [0, 0.1) is 12.8 Å². The molecule has 1 fully saturated rings. The third-order valence-corrected chi connectivity index (χ3v) is 7.79. The number of rotatable bonds is 5. The van der Waals surface area contributed by atoms with Gasteiger partial charge in [-0.25, -0.2) is 12.7 Å². The summed E-state index contributed by atoms with van der Waals surface area (Å²) in [6.45, 7) is 2.56. The Bertz CT molecular complexity index is 956. The number of hydrogen-bond donors (Lipinski definition) is 1. The zero-order valence-corrected chi connectivity index (χ0v) is 18.6. The van der Waals surface area contributed by atoms with Crippen molar-refractivity contribution in [3.05, 3.63) is 63.1 Å². The molecule has 0 aromatic heterocycles. The molecule has 1 N–H and O–H groups in total. The predicted molar refractivity (Wildman–Crippen MR) is 116 cm³/mol. The van der Waals surface area contributed by atoms with Crippen LogP contribution in [0.3, 0.4) is 0 Å². The monoisotopic (exact) mass is 484 g/mol.